The Balaban J connectivity index is 2.65. The molecular formula is C11H13N3O3S. The van der Waals surface area contributed by atoms with E-state index in [0.717, 1.165) is 9.84 Å². The monoisotopic (exact) mass is 267 g/mol. The first-order valence-corrected chi connectivity index (χ1v) is 6.13. The van der Waals surface area contributed by atoms with Gasteiger partial charge in [0, 0.05) is 12.7 Å². The SMILES string of the molecule is CO[C@H](C)c1c(NC(=O)O)cnc2sc(C)nc12. The molecule has 0 radical (unpaired) electrons. The number of rotatable bonds is 3. The summed E-state index contributed by atoms with van der Waals surface area (Å²) in [6.07, 6.45) is 0.102. The number of hydrogen-bond acceptors (Lipinski definition) is 5. The molecule has 2 aromatic heterocycles. The topological polar surface area (TPSA) is 84.3 Å². The number of nitrogens with zero attached hydrogens (tertiary/aromatic N) is 2. The number of amides is 1. The minimum atomic E-state index is -1.13. The molecule has 0 bridgehead atoms. The Kier molecular flexibility index (Phi) is 3.44. The maximum Gasteiger partial charge on any atom is 0.409 e. The van der Waals surface area contributed by atoms with Crippen molar-refractivity contribution >= 4 is 33.5 Å². The number of pyridine rings is 1. The molecule has 1 atom stereocenters. The highest BCUT2D eigenvalue weighted by Gasteiger charge is 2.19. The number of methoxy groups -OCH3 is 1. The van der Waals surface area contributed by atoms with Gasteiger partial charge in [-0.3, -0.25) is 5.32 Å². The van der Waals surface area contributed by atoms with Gasteiger partial charge in [0.05, 0.1) is 23.0 Å². The van der Waals surface area contributed by atoms with Crippen LogP contribution in [-0.2, 0) is 4.74 Å². The van der Waals surface area contributed by atoms with Crippen molar-refractivity contribution in [2.45, 2.75) is 20.0 Å². The van der Waals surface area contributed by atoms with Gasteiger partial charge in [0.25, 0.3) is 0 Å². The molecule has 0 fully saturated rings. The molecule has 0 saturated carbocycles. The van der Waals surface area contributed by atoms with E-state index < -0.39 is 6.09 Å². The molecule has 18 heavy (non-hydrogen) atoms. The Hall–Kier alpha value is -1.73. The Morgan fingerprint density at radius 2 is 2.33 bits per heavy atom. The van der Waals surface area contributed by atoms with Crippen molar-refractivity contribution in [3.63, 3.8) is 0 Å². The number of carbonyl (C=O) groups is 1. The molecule has 0 aliphatic heterocycles. The molecular weight excluding hydrogens is 254 g/mol. The van der Waals surface area contributed by atoms with Crippen molar-refractivity contribution in [3.05, 3.63) is 16.8 Å². The normalized spacial score (nSPS) is 12.6. The average molecular weight is 267 g/mol. The van der Waals surface area contributed by atoms with Gasteiger partial charge in [0.1, 0.15) is 10.3 Å². The first-order valence-electron chi connectivity index (χ1n) is 5.31. The fraction of sp³-hybridized carbons (Fsp3) is 0.364. The van der Waals surface area contributed by atoms with Crippen molar-refractivity contribution in [1.29, 1.82) is 0 Å². The zero-order valence-corrected chi connectivity index (χ0v) is 11.0. The van der Waals surface area contributed by atoms with Gasteiger partial charge in [0.15, 0.2) is 0 Å². The highest BCUT2D eigenvalue weighted by atomic mass is 32.1. The van der Waals surface area contributed by atoms with E-state index in [4.69, 9.17) is 9.84 Å². The molecule has 2 aromatic rings. The van der Waals surface area contributed by atoms with Gasteiger partial charge in [-0.1, -0.05) is 11.3 Å². The number of aryl methyl sites for hydroxylation is 1. The zero-order chi connectivity index (χ0) is 13.3. The van der Waals surface area contributed by atoms with Gasteiger partial charge in [0.2, 0.25) is 0 Å². The first-order chi connectivity index (χ1) is 8.52. The molecule has 0 aliphatic rings. The van der Waals surface area contributed by atoms with E-state index in [0.29, 0.717) is 16.8 Å². The second-order valence-corrected chi connectivity index (χ2v) is 4.96. The first kappa shape index (κ1) is 12.7. The van der Waals surface area contributed by atoms with Gasteiger partial charge in [-0.15, -0.1) is 0 Å². The number of ether oxygens (including phenoxy) is 1. The lowest BCUT2D eigenvalue weighted by Gasteiger charge is -2.14. The quantitative estimate of drug-likeness (QED) is 0.893. The minimum Gasteiger partial charge on any atom is -0.465 e. The van der Waals surface area contributed by atoms with Crippen LogP contribution >= 0.6 is 11.3 Å². The maximum absolute atomic E-state index is 10.8. The number of thiazole rings is 1. The summed E-state index contributed by atoms with van der Waals surface area (Å²) < 4.78 is 5.28. The van der Waals surface area contributed by atoms with Crippen LogP contribution in [0.5, 0.6) is 0 Å². The lowest BCUT2D eigenvalue weighted by molar-refractivity contribution is 0.121. The maximum atomic E-state index is 10.8. The lowest BCUT2D eigenvalue weighted by atomic mass is 10.1. The molecule has 2 rings (SSSR count). The number of aromatic nitrogens is 2. The van der Waals surface area contributed by atoms with Crippen LogP contribution in [0.1, 0.15) is 23.6 Å². The average Bonchev–Trinajstić information content (AvgIpc) is 2.67. The van der Waals surface area contributed by atoms with E-state index in [9.17, 15) is 4.79 Å². The van der Waals surface area contributed by atoms with Gasteiger partial charge >= 0.3 is 6.09 Å². The Labute approximate surface area is 108 Å². The molecule has 0 aromatic carbocycles. The van der Waals surface area contributed by atoms with Gasteiger partial charge in [-0.25, -0.2) is 14.8 Å². The number of hydrogen-bond donors (Lipinski definition) is 2. The van der Waals surface area contributed by atoms with Crippen LogP contribution in [-0.4, -0.2) is 28.3 Å². The standard InChI is InChI=1S/C11H13N3O3S/c1-5(17-3)8-7(14-11(15)16)4-12-10-9(8)13-6(2)18-10/h4-5,14H,1-3H3,(H,15,16)/t5-/m1/s1. The van der Waals surface area contributed by atoms with Crippen molar-refractivity contribution < 1.29 is 14.6 Å². The third-order valence-corrected chi connectivity index (χ3v) is 3.45. The zero-order valence-electron chi connectivity index (χ0n) is 10.2. The number of fused-ring (bicyclic) bond motifs is 1. The van der Waals surface area contributed by atoms with Crippen LogP contribution in [0.2, 0.25) is 0 Å². The van der Waals surface area contributed by atoms with Crippen LogP contribution in [0.15, 0.2) is 6.20 Å². The fourth-order valence-corrected chi connectivity index (χ4v) is 2.52. The summed E-state index contributed by atoms with van der Waals surface area (Å²) in [5.74, 6) is 0. The van der Waals surface area contributed by atoms with E-state index in [2.05, 4.69) is 15.3 Å². The third kappa shape index (κ3) is 2.27. The molecule has 0 spiro atoms. The smallest absolute Gasteiger partial charge is 0.409 e. The summed E-state index contributed by atoms with van der Waals surface area (Å²) >= 11 is 1.47. The van der Waals surface area contributed by atoms with Crippen molar-refractivity contribution in [2.24, 2.45) is 0 Å². The van der Waals surface area contributed by atoms with Gasteiger partial charge < -0.3 is 9.84 Å². The van der Waals surface area contributed by atoms with Crippen LogP contribution in [0.3, 0.4) is 0 Å². The lowest BCUT2D eigenvalue weighted by Crippen LogP contribution is -2.12. The van der Waals surface area contributed by atoms with Crippen LogP contribution in [0, 0.1) is 6.92 Å². The van der Waals surface area contributed by atoms with E-state index in [1.165, 1.54) is 17.5 Å². The highest BCUT2D eigenvalue weighted by molar-refractivity contribution is 7.18. The largest absolute Gasteiger partial charge is 0.465 e. The molecule has 2 heterocycles. The summed E-state index contributed by atoms with van der Waals surface area (Å²) in [6, 6.07) is 0. The number of carboxylic acid groups (broad SMARTS) is 1. The molecule has 0 unspecified atom stereocenters. The summed E-state index contributed by atoms with van der Waals surface area (Å²) in [7, 11) is 1.57. The number of nitrogens with one attached hydrogen (secondary N) is 1. The molecule has 6 nitrogen and oxygen atoms in total. The van der Waals surface area contributed by atoms with Crippen LogP contribution in [0.25, 0.3) is 10.3 Å². The van der Waals surface area contributed by atoms with E-state index >= 15 is 0 Å². The Bertz CT molecular complexity index is 596. The second kappa shape index (κ2) is 4.87. The van der Waals surface area contributed by atoms with Crippen molar-refractivity contribution in [1.82, 2.24) is 9.97 Å². The Morgan fingerprint density at radius 3 is 2.94 bits per heavy atom. The van der Waals surface area contributed by atoms with Gasteiger partial charge in [-0.05, 0) is 13.8 Å². The van der Waals surface area contributed by atoms with Gasteiger partial charge in [-0.2, -0.15) is 0 Å². The highest BCUT2D eigenvalue weighted by Crippen LogP contribution is 2.33. The minimum absolute atomic E-state index is 0.265. The van der Waals surface area contributed by atoms with Crippen LogP contribution in [0.4, 0.5) is 10.5 Å². The second-order valence-electron chi connectivity index (χ2n) is 3.78. The Morgan fingerprint density at radius 1 is 1.61 bits per heavy atom. The van der Waals surface area contributed by atoms with Crippen LogP contribution < -0.4 is 5.32 Å². The third-order valence-electron chi connectivity index (χ3n) is 2.57. The van der Waals surface area contributed by atoms with E-state index in [-0.39, 0.29) is 6.10 Å². The summed E-state index contributed by atoms with van der Waals surface area (Å²) in [4.78, 5) is 20.2. The molecule has 96 valence electrons. The fourth-order valence-electron chi connectivity index (χ4n) is 1.74. The van der Waals surface area contributed by atoms with Crippen molar-refractivity contribution in [3.8, 4) is 0 Å². The molecule has 2 N–H and O–H groups in total. The molecule has 0 aliphatic carbocycles. The summed E-state index contributed by atoms with van der Waals surface area (Å²) in [5, 5.41) is 12.0. The predicted octanol–water partition coefficient (Wildman–Crippen LogP) is 2.80. The van der Waals surface area contributed by atoms with E-state index in [1.54, 1.807) is 7.11 Å². The summed E-state index contributed by atoms with van der Waals surface area (Å²) in [5.41, 5.74) is 1.82. The van der Waals surface area contributed by atoms with E-state index in [1.807, 2.05) is 13.8 Å². The molecule has 0 saturated heterocycles. The number of anilines is 1. The summed E-state index contributed by atoms with van der Waals surface area (Å²) in [6.45, 7) is 3.73. The molecule has 7 heteroatoms. The predicted molar refractivity (Wildman–Crippen MR) is 69.2 cm³/mol. The van der Waals surface area contributed by atoms with Crippen molar-refractivity contribution in [2.75, 3.05) is 12.4 Å². The molecule has 1 amide bonds.